The van der Waals surface area contributed by atoms with Crippen molar-refractivity contribution < 1.29 is 0 Å². The Kier molecular flexibility index (Phi) is 11.3. The summed E-state index contributed by atoms with van der Waals surface area (Å²) in [7, 11) is 0. The van der Waals surface area contributed by atoms with E-state index in [4.69, 9.17) is 0 Å². The van der Waals surface area contributed by atoms with E-state index in [1.165, 1.54) is 132 Å². The highest BCUT2D eigenvalue weighted by atomic mass is 15.2. The molecule has 3 unspecified atom stereocenters. The molecular formula is C76H83BN2. The van der Waals surface area contributed by atoms with Crippen molar-refractivity contribution in [3.8, 4) is 22.3 Å². The molecule has 13 rings (SSSR count). The Labute approximate surface area is 474 Å². The zero-order valence-electron chi connectivity index (χ0n) is 50.4. The van der Waals surface area contributed by atoms with Crippen molar-refractivity contribution in [1.29, 1.82) is 0 Å². The molecular weight excluding hydrogens is 952 g/mol. The van der Waals surface area contributed by atoms with Gasteiger partial charge in [0, 0.05) is 45.3 Å². The predicted molar refractivity (Wildman–Crippen MR) is 340 cm³/mol. The first-order valence-electron chi connectivity index (χ1n) is 29.9. The van der Waals surface area contributed by atoms with Crippen molar-refractivity contribution in [3.63, 3.8) is 0 Å². The Morgan fingerprint density at radius 1 is 0.456 bits per heavy atom. The van der Waals surface area contributed by atoms with Crippen LogP contribution in [0.1, 0.15) is 192 Å². The van der Waals surface area contributed by atoms with Crippen molar-refractivity contribution in [1.82, 2.24) is 0 Å². The normalized spacial score (nSPS) is 20.5. The SMILES string of the molecule is CC(C)(C)c1ccc(N(c2ccc(C(C)(C)C)cc2)c2cc3c4c(c2)N(c2ccc(C(C)(C)C)cc2-c2ccccc2)c2ccc5c(c2B4c2cc(C(C)(C)C)cc4c2C3C2(C)CCCCC42C)-c2ccccc2C5(C)C)cc1. The summed E-state index contributed by atoms with van der Waals surface area (Å²) < 4.78 is 0. The first-order chi connectivity index (χ1) is 37.2. The molecule has 0 radical (unpaired) electrons. The minimum Gasteiger partial charge on any atom is -0.311 e. The van der Waals surface area contributed by atoms with Crippen LogP contribution in [0.3, 0.4) is 0 Å². The second kappa shape index (κ2) is 17.2. The number of nitrogens with zero attached hydrogens (tertiary/aromatic N) is 2. The molecule has 0 saturated heterocycles. The van der Waals surface area contributed by atoms with E-state index in [2.05, 4.69) is 278 Å². The minimum absolute atomic E-state index is 0.00136. The van der Waals surface area contributed by atoms with Crippen LogP contribution in [0.5, 0.6) is 0 Å². The van der Waals surface area contributed by atoms with E-state index in [1.54, 1.807) is 16.6 Å². The van der Waals surface area contributed by atoms with Crippen LogP contribution < -0.4 is 26.2 Å². The molecule has 0 N–H and O–H groups in total. The molecule has 0 aromatic heterocycles. The van der Waals surface area contributed by atoms with Gasteiger partial charge in [-0.2, -0.15) is 0 Å². The fourth-order valence-corrected chi connectivity index (χ4v) is 15.8. The summed E-state index contributed by atoms with van der Waals surface area (Å²) in [5, 5.41) is 0. The number of rotatable bonds is 5. The Morgan fingerprint density at radius 2 is 1.03 bits per heavy atom. The van der Waals surface area contributed by atoms with Crippen LogP contribution in [0, 0.1) is 5.41 Å². The van der Waals surface area contributed by atoms with Gasteiger partial charge in [-0.1, -0.05) is 232 Å². The van der Waals surface area contributed by atoms with Crippen LogP contribution in [0.15, 0.2) is 158 Å². The summed E-state index contributed by atoms with van der Waals surface area (Å²) >= 11 is 0. The largest absolute Gasteiger partial charge is 0.311 e. The van der Waals surface area contributed by atoms with Gasteiger partial charge in [-0.15, -0.1) is 0 Å². The highest BCUT2D eigenvalue weighted by Gasteiger charge is 2.63. The molecule has 0 bridgehead atoms. The fraction of sp³-hybridized carbons (Fsp3) is 0.368. The van der Waals surface area contributed by atoms with Crippen molar-refractivity contribution >= 4 is 57.2 Å². The monoisotopic (exact) mass is 1030 g/mol. The van der Waals surface area contributed by atoms with Crippen molar-refractivity contribution in [2.24, 2.45) is 5.41 Å². The number of hydrogen-bond acceptors (Lipinski definition) is 2. The molecule has 3 atom stereocenters. The van der Waals surface area contributed by atoms with Crippen molar-refractivity contribution in [2.45, 2.75) is 175 Å². The van der Waals surface area contributed by atoms with Crippen LogP contribution in [0.25, 0.3) is 22.3 Å². The molecule has 2 heterocycles. The van der Waals surface area contributed by atoms with E-state index in [0.717, 1.165) is 0 Å². The molecule has 0 spiro atoms. The molecule has 0 amide bonds. The van der Waals surface area contributed by atoms with E-state index in [0.29, 0.717) is 0 Å². The second-order valence-electron chi connectivity index (χ2n) is 29.8. The topological polar surface area (TPSA) is 6.48 Å². The van der Waals surface area contributed by atoms with Gasteiger partial charge in [0.05, 0.1) is 5.69 Å². The van der Waals surface area contributed by atoms with E-state index in [9.17, 15) is 0 Å². The maximum Gasteiger partial charge on any atom is 0.248 e. The maximum atomic E-state index is 2.76. The van der Waals surface area contributed by atoms with E-state index < -0.39 is 0 Å². The average molecular weight is 1040 g/mol. The minimum atomic E-state index is -0.170. The average Bonchev–Trinajstić information content (AvgIpc) is 2.86. The summed E-state index contributed by atoms with van der Waals surface area (Å²) in [6.45, 7) is 38.7. The van der Waals surface area contributed by atoms with E-state index in [-0.39, 0.29) is 50.5 Å². The van der Waals surface area contributed by atoms with Gasteiger partial charge in [0.1, 0.15) is 0 Å². The maximum absolute atomic E-state index is 2.76. The predicted octanol–water partition coefficient (Wildman–Crippen LogP) is 18.9. The number of benzene rings is 8. The van der Waals surface area contributed by atoms with Gasteiger partial charge in [0.2, 0.25) is 6.71 Å². The van der Waals surface area contributed by atoms with Crippen molar-refractivity contribution in [3.05, 3.63) is 208 Å². The quantitative estimate of drug-likeness (QED) is 0.159. The molecule has 3 heteroatoms. The third-order valence-electron chi connectivity index (χ3n) is 20.5. The zero-order valence-corrected chi connectivity index (χ0v) is 50.4. The van der Waals surface area contributed by atoms with Crippen LogP contribution in [0.2, 0.25) is 0 Å². The lowest BCUT2D eigenvalue weighted by Crippen LogP contribution is -2.63. The van der Waals surface area contributed by atoms with Crippen LogP contribution >= 0.6 is 0 Å². The molecule has 400 valence electrons. The summed E-state index contributed by atoms with van der Waals surface area (Å²) in [6.07, 6.45) is 4.93. The molecule has 2 nitrogen and oxygen atoms in total. The standard InChI is InChI=1S/C76H83BN2/c1-70(2,3)48-28-33-52(34-29-48)78(53-35-30-49(31-36-53)71(4,5)6)54-45-57-67-66-60(75(15)40-22-23-41-76(67,75)16)43-51(73(10,11)12)44-61(66)77-68(57)64(46-54)79(62-38-32-50(72(7,8)9)42-56(62)47-24-18-17-19-25-47)63-39-37-59-65(69(63)77)55-26-20-21-27-58(55)74(59,13)14/h17-21,24-39,42-46,67H,22-23,40-41H2,1-16H3. The first-order valence-corrected chi connectivity index (χ1v) is 29.9. The lowest BCUT2D eigenvalue weighted by Gasteiger charge is -2.51. The molecule has 8 aromatic carbocycles. The second-order valence-corrected chi connectivity index (χ2v) is 29.8. The summed E-state index contributed by atoms with van der Waals surface area (Å²) in [6, 6.07) is 62.9. The third kappa shape index (κ3) is 7.63. The van der Waals surface area contributed by atoms with Crippen LogP contribution in [-0.2, 0) is 32.5 Å². The Bertz CT molecular complexity index is 3720. The lowest BCUT2D eigenvalue weighted by atomic mass is 9.30. The zero-order chi connectivity index (χ0) is 55.7. The van der Waals surface area contributed by atoms with Gasteiger partial charge in [-0.05, 0) is 178 Å². The highest BCUT2D eigenvalue weighted by molar-refractivity contribution is 7.00. The molecule has 8 aromatic rings. The van der Waals surface area contributed by atoms with Gasteiger partial charge < -0.3 is 9.80 Å². The summed E-state index contributed by atoms with van der Waals surface area (Å²) in [5.74, 6) is 0.205. The number of hydrogen-bond donors (Lipinski definition) is 0. The van der Waals surface area contributed by atoms with Gasteiger partial charge in [0.15, 0.2) is 0 Å². The first kappa shape index (κ1) is 51.8. The number of fused-ring (bicyclic) bond motifs is 11. The molecule has 1 fully saturated rings. The van der Waals surface area contributed by atoms with Gasteiger partial charge >= 0.3 is 0 Å². The Balaban J connectivity index is 1.21. The lowest BCUT2D eigenvalue weighted by molar-refractivity contribution is 0.0926. The molecule has 1 saturated carbocycles. The smallest absolute Gasteiger partial charge is 0.248 e. The highest BCUT2D eigenvalue weighted by Crippen LogP contribution is 2.68. The van der Waals surface area contributed by atoms with Gasteiger partial charge in [0.25, 0.3) is 0 Å². The van der Waals surface area contributed by atoms with Gasteiger partial charge in [-0.25, -0.2) is 0 Å². The molecule has 5 aliphatic rings. The van der Waals surface area contributed by atoms with E-state index in [1.807, 2.05) is 0 Å². The Hall–Kier alpha value is -6.58. The summed E-state index contributed by atoms with van der Waals surface area (Å²) in [4.78, 5) is 5.36. The van der Waals surface area contributed by atoms with Crippen LogP contribution in [0.4, 0.5) is 34.1 Å². The van der Waals surface area contributed by atoms with Gasteiger partial charge in [-0.3, -0.25) is 0 Å². The molecule has 2 aliphatic heterocycles. The molecule has 3 aliphatic carbocycles. The third-order valence-corrected chi connectivity index (χ3v) is 20.5. The van der Waals surface area contributed by atoms with Crippen LogP contribution in [-0.4, -0.2) is 6.71 Å². The van der Waals surface area contributed by atoms with Crippen molar-refractivity contribution in [2.75, 3.05) is 9.80 Å². The fourth-order valence-electron chi connectivity index (χ4n) is 15.8. The van der Waals surface area contributed by atoms with E-state index >= 15 is 0 Å². The molecule has 79 heavy (non-hydrogen) atoms. The summed E-state index contributed by atoms with van der Waals surface area (Å²) in [5.41, 5.74) is 30.0. The number of anilines is 6. The Morgan fingerprint density at radius 3 is 1.65 bits per heavy atom.